The molecule has 0 atom stereocenters. The third-order valence-electron chi connectivity index (χ3n) is 7.30. The number of nitrogens with zero attached hydrogens (tertiary/aromatic N) is 5. The SMILES string of the molecule is Cc1cc(-c2ccc(-n3ccn(C)c3=O)c(F)c2)c(O)c(-c2cccc(N3CCN(C(C)(C)C)CC3)c2)n1. The second-order valence-corrected chi connectivity index (χ2v) is 10.9. The van der Waals surface area contributed by atoms with Crippen LogP contribution >= 0.6 is 0 Å². The molecule has 0 aliphatic carbocycles. The van der Waals surface area contributed by atoms with Crippen molar-refractivity contribution in [1.82, 2.24) is 19.0 Å². The lowest BCUT2D eigenvalue weighted by molar-refractivity contribution is 0.128. The van der Waals surface area contributed by atoms with Crippen LogP contribution in [-0.2, 0) is 7.05 Å². The number of aromatic nitrogens is 3. The molecule has 2 aromatic carbocycles. The minimum atomic E-state index is -0.553. The number of imidazole rings is 1. The Balaban J connectivity index is 1.47. The summed E-state index contributed by atoms with van der Waals surface area (Å²) in [6.45, 7) is 12.4. The average Bonchev–Trinajstić information content (AvgIpc) is 3.22. The second-order valence-electron chi connectivity index (χ2n) is 10.9. The largest absolute Gasteiger partial charge is 0.505 e. The van der Waals surface area contributed by atoms with Gasteiger partial charge in [0.1, 0.15) is 17.3 Å². The predicted molar refractivity (Wildman–Crippen MR) is 150 cm³/mol. The maximum atomic E-state index is 15.2. The Bertz CT molecular complexity index is 1540. The van der Waals surface area contributed by atoms with Gasteiger partial charge in [-0.15, -0.1) is 0 Å². The van der Waals surface area contributed by atoms with Gasteiger partial charge in [0.2, 0.25) is 0 Å². The van der Waals surface area contributed by atoms with E-state index in [1.54, 1.807) is 31.4 Å². The predicted octanol–water partition coefficient (Wildman–Crippen LogP) is 4.98. The molecule has 0 saturated carbocycles. The first-order valence-electron chi connectivity index (χ1n) is 12.9. The summed E-state index contributed by atoms with van der Waals surface area (Å²) >= 11 is 0. The number of halogens is 1. The number of hydrogen-bond acceptors (Lipinski definition) is 5. The molecule has 8 heteroatoms. The van der Waals surface area contributed by atoms with Crippen LogP contribution in [0.4, 0.5) is 10.1 Å². The van der Waals surface area contributed by atoms with Gasteiger partial charge in [0.25, 0.3) is 0 Å². The number of hydrogen-bond donors (Lipinski definition) is 1. The van der Waals surface area contributed by atoms with E-state index in [0.717, 1.165) is 37.4 Å². The molecule has 198 valence electrons. The van der Waals surface area contributed by atoms with Gasteiger partial charge in [0.05, 0.1) is 5.69 Å². The summed E-state index contributed by atoms with van der Waals surface area (Å²) in [4.78, 5) is 21.8. The molecule has 0 bridgehead atoms. The molecule has 2 aromatic heterocycles. The lowest BCUT2D eigenvalue weighted by Crippen LogP contribution is -2.53. The smallest absolute Gasteiger partial charge is 0.332 e. The second kappa shape index (κ2) is 9.76. The molecule has 1 fully saturated rings. The van der Waals surface area contributed by atoms with Crippen LogP contribution in [0.5, 0.6) is 5.75 Å². The third kappa shape index (κ3) is 4.84. The fraction of sp³-hybridized carbons (Fsp3) is 0.333. The van der Waals surface area contributed by atoms with E-state index in [1.165, 1.54) is 21.4 Å². The highest BCUT2D eigenvalue weighted by Crippen LogP contribution is 2.39. The van der Waals surface area contributed by atoms with Crippen molar-refractivity contribution in [1.29, 1.82) is 0 Å². The number of piperazine rings is 1. The van der Waals surface area contributed by atoms with Gasteiger partial charge in [-0.3, -0.25) is 9.47 Å². The van der Waals surface area contributed by atoms with Gasteiger partial charge in [-0.1, -0.05) is 18.2 Å². The molecule has 1 aliphatic rings. The Morgan fingerprint density at radius 2 is 1.68 bits per heavy atom. The quantitative estimate of drug-likeness (QED) is 0.415. The van der Waals surface area contributed by atoms with Crippen LogP contribution in [0.3, 0.4) is 0 Å². The molecule has 0 unspecified atom stereocenters. The van der Waals surface area contributed by atoms with Crippen LogP contribution in [0.15, 0.2) is 65.7 Å². The highest BCUT2D eigenvalue weighted by atomic mass is 19.1. The van der Waals surface area contributed by atoms with Crippen molar-refractivity contribution in [2.75, 3.05) is 31.1 Å². The third-order valence-corrected chi connectivity index (χ3v) is 7.30. The van der Waals surface area contributed by atoms with Crippen LogP contribution in [0.1, 0.15) is 26.5 Å². The van der Waals surface area contributed by atoms with E-state index in [2.05, 4.69) is 47.7 Å². The molecule has 4 aromatic rings. The maximum absolute atomic E-state index is 15.2. The fourth-order valence-electron chi connectivity index (χ4n) is 5.09. The van der Waals surface area contributed by atoms with Gasteiger partial charge in [0, 0.05) is 73.7 Å². The van der Waals surface area contributed by atoms with E-state index in [4.69, 9.17) is 0 Å². The van der Waals surface area contributed by atoms with Crippen molar-refractivity contribution < 1.29 is 9.50 Å². The summed E-state index contributed by atoms with van der Waals surface area (Å²) in [5.41, 5.74) is 4.03. The van der Waals surface area contributed by atoms with Gasteiger partial charge in [-0.2, -0.15) is 0 Å². The van der Waals surface area contributed by atoms with Crippen molar-refractivity contribution in [3.63, 3.8) is 0 Å². The van der Waals surface area contributed by atoms with Crippen LogP contribution in [0.25, 0.3) is 28.1 Å². The Labute approximate surface area is 222 Å². The van der Waals surface area contributed by atoms with Gasteiger partial charge in [0.15, 0.2) is 0 Å². The Morgan fingerprint density at radius 3 is 2.32 bits per heavy atom. The van der Waals surface area contributed by atoms with E-state index in [0.29, 0.717) is 22.5 Å². The Morgan fingerprint density at radius 1 is 0.947 bits per heavy atom. The van der Waals surface area contributed by atoms with Crippen molar-refractivity contribution in [3.8, 4) is 33.8 Å². The summed E-state index contributed by atoms with van der Waals surface area (Å²) in [7, 11) is 1.62. The van der Waals surface area contributed by atoms with Crippen LogP contribution in [-0.4, -0.2) is 55.8 Å². The van der Waals surface area contributed by atoms with Gasteiger partial charge < -0.3 is 14.6 Å². The molecule has 1 aliphatic heterocycles. The molecular formula is C30H34FN5O2. The van der Waals surface area contributed by atoms with Crippen molar-refractivity contribution in [3.05, 3.63) is 82.9 Å². The summed E-state index contributed by atoms with van der Waals surface area (Å²) in [6.07, 6.45) is 3.11. The van der Waals surface area contributed by atoms with E-state index in [1.807, 2.05) is 19.1 Å². The highest BCUT2D eigenvalue weighted by Gasteiger charge is 2.26. The zero-order valence-electron chi connectivity index (χ0n) is 22.6. The van der Waals surface area contributed by atoms with Gasteiger partial charge >= 0.3 is 5.69 Å². The Kier molecular flexibility index (Phi) is 6.61. The summed E-state index contributed by atoms with van der Waals surface area (Å²) in [6, 6.07) is 14.4. The molecular weight excluding hydrogens is 481 g/mol. The molecule has 7 nitrogen and oxygen atoms in total. The monoisotopic (exact) mass is 515 g/mol. The summed E-state index contributed by atoms with van der Waals surface area (Å²) in [5.74, 6) is -0.558. The summed E-state index contributed by atoms with van der Waals surface area (Å²) < 4.78 is 17.8. The zero-order valence-corrected chi connectivity index (χ0v) is 22.6. The lowest BCUT2D eigenvalue weighted by Gasteiger charge is -2.43. The molecule has 38 heavy (non-hydrogen) atoms. The van der Waals surface area contributed by atoms with Gasteiger partial charge in [-0.25, -0.2) is 14.2 Å². The molecule has 0 amide bonds. The minimum absolute atomic E-state index is 0.00525. The lowest BCUT2D eigenvalue weighted by atomic mass is 9.99. The number of aromatic hydroxyl groups is 1. The first-order valence-corrected chi connectivity index (χ1v) is 12.9. The number of aryl methyl sites for hydroxylation is 2. The number of pyridine rings is 1. The first kappa shape index (κ1) is 25.7. The minimum Gasteiger partial charge on any atom is -0.505 e. The fourth-order valence-corrected chi connectivity index (χ4v) is 5.09. The normalized spacial score (nSPS) is 14.7. The molecule has 3 heterocycles. The number of rotatable bonds is 4. The van der Waals surface area contributed by atoms with E-state index >= 15 is 4.39 Å². The number of benzene rings is 2. The molecule has 1 saturated heterocycles. The molecule has 5 rings (SSSR count). The van der Waals surface area contributed by atoms with Crippen LogP contribution < -0.4 is 10.6 Å². The average molecular weight is 516 g/mol. The van der Waals surface area contributed by atoms with Crippen molar-refractivity contribution in [2.45, 2.75) is 33.2 Å². The van der Waals surface area contributed by atoms with Crippen molar-refractivity contribution >= 4 is 5.69 Å². The van der Waals surface area contributed by atoms with Crippen molar-refractivity contribution in [2.24, 2.45) is 7.05 Å². The van der Waals surface area contributed by atoms with Gasteiger partial charge in [-0.05, 0) is 63.6 Å². The van der Waals surface area contributed by atoms with Crippen LogP contribution in [0.2, 0.25) is 0 Å². The summed E-state index contributed by atoms with van der Waals surface area (Å²) in [5, 5.41) is 11.3. The van der Waals surface area contributed by atoms with E-state index in [9.17, 15) is 9.90 Å². The topological polar surface area (TPSA) is 66.5 Å². The zero-order chi connectivity index (χ0) is 27.2. The first-order chi connectivity index (χ1) is 18.0. The molecule has 0 radical (unpaired) electrons. The van der Waals surface area contributed by atoms with E-state index < -0.39 is 5.82 Å². The standard InChI is InChI=1S/C30H34FN5O2/c1-20-17-24(21-9-10-26(25(31)19-21)36-16-11-33(5)29(36)38)28(37)27(32-20)22-7-6-8-23(18-22)34-12-14-35(15-13-34)30(2,3)4/h6-11,16-19,37H,12-15H2,1-5H3. The highest BCUT2D eigenvalue weighted by molar-refractivity contribution is 5.81. The molecule has 0 spiro atoms. The number of anilines is 1. The maximum Gasteiger partial charge on any atom is 0.332 e. The van der Waals surface area contributed by atoms with Crippen LogP contribution in [0, 0.1) is 12.7 Å². The Hall–Kier alpha value is -3.91. The molecule has 1 N–H and O–H groups in total. The van der Waals surface area contributed by atoms with E-state index in [-0.39, 0.29) is 22.7 Å².